The van der Waals surface area contributed by atoms with Gasteiger partial charge >= 0.3 is 5.00 Å². The highest BCUT2D eigenvalue weighted by Gasteiger charge is 2.33. The van der Waals surface area contributed by atoms with Crippen LogP contribution in [0.25, 0.3) is 0 Å². The van der Waals surface area contributed by atoms with Crippen LogP contribution in [0, 0.1) is 10.1 Å². The second-order valence-electron chi connectivity index (χ2n) is 3.91. The molecule has 0 radical (unpaired) electrons. The van der Waals surface area contributed by atoms with Gasteiger partial charge in [0.2, 0.25) is 0 Å². The van der Waals surface area contributed by atoms with E-state index >= 15 is 0 Å². The van der Waals surface area contributed by atoms with Crippen molar-refractivity contribution in [2.45, 2.75) is 18.9 Å². The van der Waals surface area contributed by atoms with Crippen LogP contribution >= 0.6 is 11.3 Å². The first kappa shape index (κ1) is 10.3. The van der Waals surface area contributed by atoms with E-state index in [2.05, 4.69) is 4.98 Å². The van der Waals surface area contributed by atoms with Crippen molar-refractivity contribution in [1.82, 2.24) is 4.98 Å². The van der Waals surface area contributed by atoms with Crippen LogP contribution in [0.5, 0.6) is 0 Å². The van der Waals surface area contributed by atoms with Crippen LogP contribution < -0.4 is 4.90 Å². The molecule has 1 N–H and O–H groups in total. The molecule has 1 aromatic rings. The van der Waals surface area contributed by atoms with Gasteiger partial charge < -0.3 is 10.0 Å². The Morgan fingerprint density at radius 2 is 2.53 bits per heavy atom. The minimum Gasteiger partial charge on any atom is -0.388 e. The lowest BCUT2D eigenvalue weighted by atomic mass is 10.1. The standard InChI is InChI=1S/C8H11N3O3S/c1-8(12)2-3-10(5-8)7-9-4-6(15-7)11(13)14/h4,12H,2-3,5H2,1H3. The first-order chi connectivity index (χ1) is 6.98. The molecule has 1 aliphatic heterocycles. The Morgan fingerprint density at radius 3 is 3.00 bits per heavy atom. The van der Waals surface area contributed by atoms with Gasteiger partial charge in [0.1, 0.15) is 6.20 Å². The molecule has 15 heavy (non-hydrogen) atoms. The van der Waals surface area contributed by atoms with Crippen molar-refractivity contribution in [3.63, 3.8) is 0 Å². The molecule has 1 fully saturated rings. The Labute approximate surface area is 90.3 Å². The molecular weight excluding hydrogens is 218 g/mol. The Bertz CT molecular complexity index is 390. The molecule has 0 aliphatic carbocycles. The number of aliphatic hydroxyl groups is 1. The average molecular weight is 229 g/mol. The molecule has 0 amide bonds. The van der Waals surface area contributed by atoms with Gasteiger partial charge in [-0.3, -0.25) is 10.1 Å². The maximum atomic E-state index is 10.5. The van der Waals surface area contributed by atoms with Gasteiger partial charge in [0.25, 0.3) is 0 Å². The molecule has 1 unspecified atom stereocenters. The van der Waals surface area contributed by atoms with Gasteiger partial charge in [0.15, 0.2) is 5.13 Å². The summed E-state index contributed by atoms with van der Waals surface area (Å²) in [6.45, 7) is 2.93. The van der Waals surface area contributed by atoms with Crippen LogP contribution in [-0.4, -0.2) is 33.7 Å². The zero-order chi connectivity index (χ0) is 11.1. The number of nitro groups is 1. The van der Waals surface area contributed by atoms with Crippen molar-refractivity contribution < 1.29 is 10.0 Å². The first-order valence-electron chi connectivity index (χ1n) is 4.55. The summed E-state index contributed by atoms with van der Waals surface area (Å²) in [6, 6.07) is 0. The number of β-amino-alcohol motifs (C(OH)–C–C–N with tert-alkyl or cyclic N) is 1. The lowest BCUT2D eigenvalue weighted by Gasteiger charge is -2.17. The molecule has 0 bridgehead atoms. The summed E-state index contributed by atoms with van der Waals surface area (Å²) in [5, 5.41) is 20.9. The van der Waals surface area contributed by atoms with E-state index in [0.717, 1.165) is 11.3 Å². The van der Waals surface area contributed by atoms with E-state index in [9.17, 15) is 15.2 Å². The Kier molecular flexibility index (Phi) is 2.35. The highest BCUT2D eigenvalue weighted by Crippen LogP contribution is 2.32. The molecule has 7 heteroatoms. The van der Waals surface area contributed by atoms with Crippen molar-refractivity contribution in [1.29, 1.82) is 0 Å². The number of rotatable bonds is 2. The summed E-state index contributed by atoms with van der Waals surface area (Å²) >= 11 is 1.04. The van der Waals surface area contributed by atoms with Crippen molar-refractivity contribution in [2.24, 2.45) is 0 Å². The third-order valence-electron chi connectivity index (χ3n) is 2.38. The molecule has 0 saturated carbocycles. The van der Waals surface area contributed by atoms with Gasteiger partial charge in [0, 0.05) is 13.1 Å². The van der Waals surface area contributed by atoms with E-state index in [-0.39, 0.29) is 5.00 Å². The van der Waals surface area contributed by atoms with Crippen LogP contribution in [0.4, 0.5) is 10.1 Å². The molecule has 1 saturated heterocycles. The minimum atomic E-state index is -0.708. The molecule has 1 atom stereocenters. The van der Waals surface area contributed by atoms with Gasteiger partial charge in [-0.05, 0) is 24.7 Å². The number of anilines is 1. The number of thiazole rings is 1. The molecule has 0 aromatic carbocycles. The first-order valence-corrected chi connectivity index (χ1v) is 5.37. The summed E-state index contributed by atoms with van der Waals surface area (Å²) in [7, 11) is 0. The van der Waals surface area contributed by atoms with Gasteiger partial charge in [-0.15, -0.1) is 0 Å². The van der Waals surface area contributed by atoms with Gasteiger partial charge in [-0.25, -0.2) is 4.98 Å². The van der Waals surface area contributed by atoms with Crippen molar-refractivity contribution in [2.75, 3.05) is 18.0 Å². The van der Waals surface area contributed by atoms with E-state index in [1.54, 1.807) is 6.92 Å². The normalized spacial score (nSPS) is 25.9. The third-order valence-corrected chi connectivity index (χ3v) is 3.39. The van der Waals surface area contributed by atoms with Crippen molar-refractivity contribution >= 4 is 21.5 Å². The Morgan fingerprint density at radius 1 is 1.80 bits per heavy atom. The van der Waals surface area contributed by atoms with Crippen molar-refractivity contribution in [3.8, 4) is 0 Å². The van der Waals surface area contributed by atoms with Crippen LogP contribution in [-0.2, 0) is 0 Å². The number of hydrogen-bond donors (Lipinski definition) is 1. The van der Waals surface area contributed by atoms with Gasteiger partial charge in [-0.1, -0.05) is 0 Å². The highest BCUT2D eigenvalue weighted by atomic mass is 32.1. The second kappa shape index (κ2) is 3.42. The molecule has 0 spiro atoms. The zero-order valence-corrected chi connectivity index (χ0v) is 9.03. The van der Waals surface area contributed by atoms with E-state index < -0.39 is 10.5 Å². The van der Waals surface area contributed by atoms with Crippen LogP contribution in [0.2, 0.25) is 0 Å². The molecule has 2 heterocycles. The fourth-order valence-corrected chi connectivity index (χ4v) is 2.35. The highest BCUT2D eigenvalue weighted by molar-refractivity contribution is 7.18. The van der Waals surface area contributed by atoms with Gasteiger partial charge in [-0.2, -0.15) is 0 Å². The SMILES string of the molecule is CC1(O)CCN(c2ncc([N+](=O)[O-])s2)C1. The lowest BCUT2D eigenvalue weighted by molar-refractivity contribution is -0.380. The Balaban J connectivity index is 2.14. The molecular formula is C8H11N3O3S. The van der Waals surface area contributed by atoms with Crippen LogP contribution in [0.15, 0.2) is 6.20 Å². The fourth-order valence-electron chi connectivity index (χ4n) is 1.60. The lowest BCUT2D eigenvalue weighted by Crippen LogP contribution is -2.29. The third kappa shape index (κ3) is 2.07. The maximum Gasteiger partial charge on any atom is 0.345 e. The predicted molar refractivity (Wildman–Crippen MR) is 56.2 cm³/mol. The summed E-state index contributed by atoms with van der Waals surface area (Å²) in [4.78, 5) is 15.9. The maximum absolute atomic E-state index is 10.5. The molecule has 2 rings (SSSR count). The molecule has 1 aromatic heterocycles. The molecule has 1 aliphatic rings. The number of aromatic nitrogens is 1. The van der Waals surface area contributed by atoms with E-state index in [0.29, 0.717) is 24.6 Å². The summed E-state index contributed by atoms with van der Waals surface area (Å²) in [5.74, 6) is 0. The summed E-state index contributed by atoms with van der Waals surface area (Å²) < 4.78 is 0. The van der Waals surface area contributed by atoms with Crippen LogP contribution in [0.1, 0.15) is 13.3 Å². The minimum absolute atomic E-state index is 0.0385. The topological polar surface area (TPSA) is 79.5 Å². The van der Waals surface area contributed by atoms with Gasteiger partial charge in [0.05, 0.1) is 10.5 Å². The predicted octanol–water partition coefficient (Wildman–Crippen LogP) is 1.01. The molecule has 6 nitrogen and oxygen atoms in total. The monoisotopic (exact) mass is 229 g/mol. The van der Waals surface area contributed by atoms with E-state index in [1.165, 1.54) is 6.20 Å². The summed E-state index contributed by atoms with van der Waals surface area (Å²) in [6.07, 6.45) is 1.92. The average Bonchev–Trinajstić information content (AvgIpc) is 2.70. The van der Waals surface area contributed by atoms with E-state index in [1.807, 2.05) is 4.90 Å². The number of hydrogen-bond acceptors (Lipinski definition) is 6. The zero-order valence-electron chi connectivity index (χ0n) is 8.21. The summed E-state index contributed by atoms with van der Waals surface area (Å²) in [5.41, 5.74) is -0.708. The fraction of sp³-hybridized carbons (Fsp3) is 0.625. The largest absolute Gasteiger partial charge is 0.388 e. The molecule has 82 valence electrons. The number of nitrogens with zero attached hydrogens (tertiary/aromatic N) is 3. The van der Waals surface area contributed by atoms with Crippen LogP contribution in [0.3, 0.4) is 0 Å². The Hall–Kier alpha value is -1.21. The second-order valence-corrected chi connectivity index (χ2v) is 4.89. The quantitative estimate of drug-likeness (QED) is 0.604. The smallest absolute Gasteiger partial charge is 0.345 e. The van der Waals surface area contributed by atoms with Crippen molar-refractivity contribution in [3.05, 3.63) is 16.3 Å². The van der Waals surface area contributed by atoms with E-state index in [4.69, 9.17) is 0 Å².